The number of carbonyl (C=O) groups is 1. The van der Waals surface area contributed by atoms with Crippen molar-refractivity contribution in [1.29, 1.82) is 0 Å². The van der Waals surface area contributed by atoms with Crippen LogP contribution in [0.15, 0.2) is 34.7 Å². The molecule has 17 heavy (non-hydrogen) atoms. The summed E-state index contributed by atoms with van der Waals surface area (Å²) in [5.41, 5.74) is 0.829. The molecule has 2 aromatic rings. The summed E-state index contributed by atoms with van der Waals surface area (Å²) in [5.74, 6) is 0.594. The second-order valence-electron chi connectivity index (χ2n) is 3.91. The van der Waals surface area contributed by atoms with Gasteiger partial charge in [-0.15, -0.1) is 0 Å². The molecule has 1 atom stereocenters. The summed E-state index contributed by atoms with van der Waals surface area (Å²) in [6, 6.07) is 9.53. The highest BCUT2D eigenvalue weighted by Crippen LogP contribution is 2.23. The van der Waals surface area contributed by atoms with Crippen molar-refractivity contribution >= 4 is 16.9 Å². The van der Waals surface area contributed by atoms with Crippen LogP contribution in [0.25, 0.3) is 11.0 Å². The predicted octanol–water partition coefficient (Wildman–Crippen LogP) is 2.26. The largest absolute Gasteiger partial charge is 0.459 e. The van der Waals surface area contributed by atoms with Crippen molar-refractivity contribution in [3.63, 3.8) is 0 Å². The Morgan fingerprint density at radius 2 is 2.24 bits per heavy atom. The summed E-state index contributed by atoms with van der Waals surface area (Å²) < 4.78 is 10.4. The van der Waals surface area contributed by atoms with E-state index < -0.39 is 0 Å². The Bertz CT molecular complexity index is 485. The van der Waals surface area contributed by atoms with Crippen LogP contribution in [0.5, 0.6) is 0 Å². The first-order valence-electron chi connectivity index (χ1n) is 5.47. The first kappa shape index (κ1) is 11.7. The van der Waals surface area contributed by atoms with Crippen LogP contribution in [0, 0.1) is 0 Å². The molecule has 0 aliphatic heterocycles. The third-order valence-corrected chi connectivity index (χ3v) is 2.52. The van der Waals surface area contributed by atoms with Gasteiger partial charge < -0.3 is 14.5 Å². The van der Waals surface area contributed by atoms with Crippen molar-refractivity contribution in [2.75, 3.05) is 13.7 Å². The van der Waals surface area contributed by atoms with Gasteiger partial charge in [0.05, 0.1) is 6.04 Å². The van der Waals surface area contributed by atoms with E-state index in [1.165, 1.54) is 7.11 Å². The number of rotatable bonds is 4. The molecule has 1 amide bonds. The number of hydrogen-bond donors (Lipinski definition) is 1. The van der Waals surface area contributed by atoms with E-state index in [-0.39, 0.29) is 18.6 Å². The first-order valence-corrected chi connectivity index (χ1v) is 5.47. The molecule has 1 heterocycles. The number of ether oxygens (including phenoxy) is 1. The minimum absolute atomic E-state index is 0.0601. The topological polar surface area (TPSA) is 51.5 Å². The van der Waals surface area contributed by atoms with Gasteiger partial charge in [-0.1, -0.05) is 18.2 Å². The van der Waals surface area contributed by atoms with Crippen LogP contribution in [-0.2, 0) is 9.53 Å². The summed E-state index contributed by atoms with van der Waals surface area (Å²) in [4.78, 5) is 11.4. The number of furan rings is 1. The summed E-state index contributed by atoms with van der Waals surface area (Å²) in [5, 5.41) is 3.84. The highest BCUT2D eigenvalue weighted by Gasteiger charge is 2.13. The van der Waals surface area contributed by atoms with E-state index in [4.69, 9.17) is 9.15 Å². The summed E-state index contributed by atoms with van der Waals surface area (Å²) in [6.07, 6.45) is 0. The van der Waals surface area contributed by atoms with E-state index in [1.807, 2.05) is 37.3 Å². The zero-order valence-corrected chi connectivity index (χ0v) is 9.90. The van der Waals surface area contributed by atoms with Gasteiger partial charge in [-0.2, -0.15) is 0 Å². The lowest BCUT2D eigenvalue weighted by Gasteiger charge is -2.10. The maximum Gasteiger partial charge on any atom is 0.246 e. The fraction of sp³-hybridized carbons (Fsp3) is 0.308. The van der Waals surface area contributed by atoms with Gasteiger partial charge in [0.25, 0.3) is 0 Å². The molecule has 1 N–H and O–H groups in total. The van der Waals surface area contributed by atoms with Crippen LogP contribution in [0.1, 0.15) is 18.7 Å². The van der Waals surface area contributed by atoms with Crippen molar-refractivity contribution < 1.29 is 13.9 Å². The van der Waals surface area contributed by atoms with Gasteiger partial charge in [-0.25, -0.2) is 0 Å². The molecule has 4 heteroatoms. The molecule has 0 spiro atoms. The normalized spacial score (nSPS) is 12.6. The zero-order chi connectivity index (χ0) is 12.3. The summed E-state index contributed by atoms with van der Waals surface area (Å²) in [6.45, 7) is 1.94. The van der Waals surface area contributed by atoms with Crippen LogP contribution >= 0.6 is 0 Å². The third-order valence-electron chi connectivity index (χ3n) is 2.52. The average Bonchev–Trinajstić information content (AvgIpc) is 2.72. The van der Waals surface area contributed by atoms with Crippen LogP contribution in [0.3, 0.4) is 0 Å². The number of carbonyl (C=O) groups excluding carboxylic acids is 1. The molecule has 0 saturated carbocycles. The molecule has 90 valence electrons. The summed E-state index contributed by atoms with van der Waals surface area (Å²) in [7, 11) is 1.49. The predicted molar refractivity (Wildman–Crippen MR) is 64.6 cm³/mol. The number of hydrogen-bond acceptors (Lipinski definition) is 3. The van der Waals surface area contributed by atoms with Crippen molar-refractivity contribution in [3.8, 4) is 0 Å². The van der Waals surface area contributed by atoms with E-state index in [1.54, 1.807) is 0 Å². The molecule has 0 fully saturated rings. The number of amides is 1. The molecule has 0 bridgehead atoms. The average molecular weight is 233 g/mol. The highest BCUT2D eigenvalue weighted by molar-refractivity contribution is 5.79. The lowest BCUT2D eigenvalue weighted by Crippen LogP contribution is -2.29. The van der Waals surface area contributed by atoms with E-state index in [9.17, 15) is 4.79 Å². The standard InChI is InChI=1S/C13H15NO3/c1-9(14-13(15)8-16-2)12-7-10-5-3-4-6-11(10)17-12/h3-7,9H,8H2,1-2H3,(H,14,15)/t9-/m1/s1. The monoisotopic (exact) mass is 233 g/mol. The SMILES string of the molecule is COCC(=O)N[C@H](C)c1cc2ccccc2o1. The lowest BCUT2D eigenvalue weighted by molar-refractivity contribution is -0.125. The lowest BCUT2D eigenvalue weighted by atomic mass is 10.2. The van der Waals surface area contributed by atoms with Crippen LogP contribution in [-0.4, -0.2) is 19.6 Å². The molecular weight excluding hydrogens is 218 g/mol. The van der Waals surface area contributed by atoms with Gasteiger partial charge in [-0.05, 0) is 19.1 Å². The molecular formula is C13H15NO3. The molecule has 0 saturated heterocycles. The van der Waals surface area contributed by atoms with Gasteiger partial charge in [0.2, 0.25) is 5.91 Å². The minimum atomic E-state index is -0.162. The number of benzene rings is 1. The number of methoxy groups -OCH3 is 1. The quantitative estimate of drug-likeness (QED) is 0.881. The van der Waals surface area contributed by atoms with Crippen molar-refractivity contribution in [1.82, 2.24) is 5.32 Å². The second kappa shape index (κ2) is 5.01. The third kappa shape index (κ3) is 2.65. The molecule has 0 aliphatic carbocycles. The smallest absolute Gasteiger partial charge is 0.246 e. The molecule has 0 aliphatic rings. The molecule has 4 nitrogen and oxygen atoms in total. The van der Waals surface area contributed by atoms with Gasteiger partial charge in [0, 0.05) is 12.5 Å². The Morgan fingerprint density at radius 3 is 2.94 bits per heavy atom. The molecule has 1 aromatic heterocycles. The Kier molecular flexibility index (Phi) is 3.44. The second-order valence-corrected chi connectivity index (χ2v) is 3.91. The van der Waals surface area contributed by atoms with Gasteiger partial charge in [0.1, 0.15) is 18.0 Å². The van der Waals surface area contributed by atoms with Crippen molar-refractivity contribution in [2.45, 2.75) is 13.0 Å². The van der Waals surface area contributed by atoms with E-state index in [0.29, 0.717) is 0 Å². The van der Waals surface area contributed by atoms with Gasteiger partial charge >= 0.3 is 0 Å². The van der Waals surface area contributed by atoms with E-state index >= 15 is 0 Å². The maximum atomic E-state index is 11.4. The maximum absolute atomic E-state index is 11.4. The Balaban J connectivity index is 2.13. The number of nitrogens with one attached hydrogen (secondary N) is 1. The van der Waals surface area contributed by atoms with Gasteiger partial charge in [0.15, 0.2) is 0 Å². The summed E-state index contributed by atoms with van der Waals surface area (Å²) >= 11 is 0. The van der Waals surface area contributed by atoms with Crippen LogP contribution in [0.2, 0.25) is 0 Å². The minimum Gasteiger partial charge on any atom is -0.459 e. The fourth-order valence-electron chi connectivity index (χ4n) is 1.70. The molecule has 0 radical (unpaired) electrons. The number of para-hydroxylation sites is 1. The van der Waals surface area contributed by atoms with Gasteiger partial charge in [-0.3, -0.25) is 4.79 Å². The molecule has 1 aromatic carbocycles. The van der Waals surface area contributed by atoms with Crippen LogP contribution < -0.4 is 5.32 Å². The zero-order valence-electron chi connectivity index (χ0n) is 9.90. The van der Waals surface area contributed by atoms with Crippen molar-refractivity contribution in [2.24, 2.45) is 0 Å². The van der Waals surface area contributed by atoms with E-state index in [2.05, 4.69) is 5.32 Å². The fourth-order valence-corrected chi connectivity index (χ4v) is 1.70. The Labute approximate surface area is 99.6 Å². The number of fused-ring (bicyclic) bond motifs is 1. The highest BCUT2D eigenvalue weighted by atomic mass is 16.5. The van der Waals surface area contributed by atoms with Crippen molar-refractivity contribution in [3.05, 3.63) is 36.1 Å². The van der Waals surface area contributed by atoms with E-state index in [0.717, 1.165) is 16.7 Å². The van der Waals surface area contributed by atoms with Crippen LogP contribution in [0.4, 0.5) is 0 Å². The Hall–Kier alpha value is -1.81. The Morgan fingerprint density at radius 1 is 1.47 bits per heavy atom. The molecule has 2 rings (SSSR count). The molecule has 0 unspecified atom stereocenters. The first-order chi connectivity index (χ1) is 8.20.